The Bertz CT molecular complexity index is 364. The Hall–Kier alpha value is -0.630. The quantitative estimate of drug-likeness (QED) is 0.665. The Kier molecular flexibility index (Phi) is 3.68. The van der Waals surface area contributed by atoms with Crippen LogP contribution in [-0.4, -0.2) is 23.0 Å². The van der Waals surface area contributed by atoms with E-state index in [2.05, 4.69) is 38.7 Å². The molecule has 1 saturated heterocycles. The van der Waals surface area contributed by atoms with Crippen LogP contribution < -0.4 is 0 Å². The maximum Gasteiger partial charge on any atom is 0.118 e. The lowest BCUT2D eigenvalue weighted by Crippen LogP contribution is -2.56. The Morgan fingerprint density at radius 2 is 2.06 bits per heavy atom. The predicted molar refractivity (Wildman–Crippen MR) is 75.2 cm³/mol. The van der Waals surface area contributed by atoms with E-state index in [0.717, 1.165) is 6.42 Å². The summed E-state index contributed by atoms with van der Waals surface area (Å²) < 4.78 is 13.2. The second-order valence-corrected chi connectivity index (χ2v) is 7.01. The fourth-order valence-corrected chi connectivity index (χ4v) is 3.39. The van der Waals surface area contributed by atoms with Gasteiger partial charge in [-0.3, -0.25) is 4.90 Å². The molecule has 0 N–H and O–H groups in total. The highest BCUT2D eigenvalue weighted by Crippen LogP contribution is 2.42. The highest BCUT2D eigenvalue weighted by Gasteiger charge is 2.41. The fourth-order valence-electron chi connectivity index (χ4n) is 3.39. The zero-order valence-electron chi connectivity index (χ0n) is 12.2. The molecule has 1 aliphatic carbocycles. The number of piperidine rings is 1. The van der Waals surface area contributed by atoms with Gasteiger partial charge in [0.15, 0.2) is 0 Å². The summed E-state index contributed by atoms with van der Waals surface area (Å²) in [6.07, 6.45) is 10.1. The third-order valence-electron chi connectivity index (χ3n) is 4.49. The van der Waals surface area contributed by atoms with Gasteiger partial charge in [-0.15, -0.1) is 0 Å². The lowest BCUT2D eigenvalue weighted by molar-refractivity contribution is 0.000130. The molecule has 102 valence electrons. The largest absolute Gasteiger partial charge is 0.295 e. The van der Waals surface area contributed by atoms with Gasteiger partial charge in [-0.25, -0.2) is 4.39 Å². The summed E-state index contributed by atoms with van der Waals surface area (Å²) in [5.74, 6) is -0.0782. The van der Waals surface area contributed by atoms with E-state index in [1.807, 2.05) is 0 Å². The molecule has 0 aromatic rings. The highest BCUT2D eigenvalue weighted by atomic mass is 19.1. The average Bonchev–Trinajstić information content (AvgIpc) is 2.32. The molecular weight excluding hydrogens is 225 g/mol. The molecule has 18 heavy (non-hydrogen) atoms. The summed E-state index contributed by atoms with van der Waals surface area (Å²) in [4.78, 5) is 2.62. The molecule has 1 fully saturated rings. The first-order valence-electron chi connectivity index (χ1n) is 7.15. The smallest absolute Gasteiger partial charge is 0.118 e. The van der Waals surface area contributed by atoms with E-state index in [4.69, 9.17) is 0 Å². The zero-order valence-corrected chi connectivity index (χ0v) is 12.2. The molecule has 1 heterocycles. The van der Waals surface area contributed by atoms with Gasteiger partial charge in [-0.1, -0.05) is 19.4 Å². The van der Waals surface area contributed by atoms with Crippen LogP contribution in [0.4, 0.5) is 4.39 Å². The molecule has 2 aliphatic rings. The highest BCUT2D eigenvalue weighted by molar-refractivity contribution is 5.23. The van der Waals surface area contributed by atoms with Gasteiger partial charge in [0.2, 0.25) is 0 Å². The maximum absolute atomic E-state index is 13.2. The van der Waals surface area contributed by atoms with Crippen molar-refractivity contribution >= 4 is 0 Å². The summed E-state index contributed by atoms with van der Waals surface area (Å²) in [5.41, 5.74) is 0.283. The van der Waals surface area contributed by atoms with E-state index in [0.29, 0.717) is 6.04 Å². The maximum atomic E-state index is 13.2. The molecule has 0 spiro atoms. The van der Waals surface area contributed by atoms with Crippen molar-refractivity contribution in [1.82, 2.24) is 4.90 Å². The molecule has 0 radical (unpaired) electrons. The van der Waals surface area contributed by atoms with Crippen molar-refractivity contribution in [1.29, 1.82) is 0 Å². The summed E-state index contributed by atoms with van der Waals surface area (Å²) in [6, 6.07) is 0.534. The minimum Gasteiger partial charge on any atom is -0.295 e. The van der Waals surface area contributed by atoms with Gasteiger partial charge >= 0.3 is 0 Å². The second-order valence-electron chi connectivity index (χ2n) is 7.01. The van der Waals surface area contributed by atoms with Crippen molar-refractivity contribution < 1.29 is 4.39 Å². The third-order valence-corrected chi connectivity index (χ3v) is 4.49. The number of hydrogen-bond acceptors (Lipinski definition) is 1. The molecule has 2 heteroatoms. The molecule has 1 nitrogen and oxygen atoms in total. The molecule has 1 aliphatic heterocycles. The van der Waals surface area contributed by atoms with E-state index < -0.39 is 0 Å². The monoisotopic (exact) mass is 251 g/mol. The first-order chi connectivity index (χ1) is 8.33. The molecule has 0 bridgehead atoms. The summed E-state index contributed by atoms with van der Waals surface area (Å²) >= 11 is 0. The van der Waals surface area contributed by atoms with Crippen LogP contribution in [0.2, 0.25) is 0 Å². The average molecular weight is 251 g/mol. The van der Waals surface area contributed by atoms with Crippen molar-refractivity contribution in [3.05, 3.63) is 24.1 Å². The lowest BCUT2D eigenvalue weighted by Gasteiger charge is -2.51. The molecule has 0 aromatic carbocycles. The van der Waals surface area contributed by atoms with E-state index in [1.54, 1.807) is 12.2 Å². The summed E-state index contributed by atoms with van der Waals surface area (Å²) in [5, 5.41) is 0. The van der Waals surface area contributed by atoms with Crippen LogP contribution in [0.3, 0.4) is 0 Å². The van der Waals surface area contributed by atoms with Crippen molar-refractivity contribution in [2.75, 3.05) is 6.54 Å². The van der Waals surface area contributed by atoms with E-state index in [9.17, 15) is 4.39 Å². The molecular formula is C16H26FN. The SMILES string of the molecule is CC1([C@H]2CCCCN2C(C)(C)C)C=CC(F)=CC1. The third kappa shape index (κ3) is 2.69. The van der Waals surface area contributed by atoms with Gasteiger partial charge in [-0.05, 0) is 58.7 Å². The summed E-state index contributed by atoms with van der Waals surface area (Å²) in [6.45, 7) is 10.3. The van der Waals surface area contributed by atoms with E-state index in [-0.39, 0.29) is 16.8 Å². The Balaban J connectivity index is 2.22. The number of nitrogens with zero attached hydrogens (tertiary/aromatic N) is 1. The molecule has 0 aromatic heterocycles. The first-order valence-corrected chi connectivity index (χ1v) is 7.15. The molecule has 0 saturated carbocycles. The number of rotatable bonds is 1. The van der Waals surface area contributed by atoms with Gasteiger partial charge in [0.25, 0.3) is 0 Å². The van der Waals surface area contributed by atoms with Crippen molar-refractivity contribution in [3.63, 3.8) is 0 Å². The summed E-state index contributed by atoms with van der Waals surface area (Å²) in [7, 11) is 0. The van der Waals surface area contributed by atoms with Crippen LogP contribution >= 0.6 is 0 Å². The Morgan fingerprint density at radius 1 is 1.33 bits per heavy atom. The minimum atomic E-state index is -0.0782. The van der Waals surface area contributed by atoms with Crippen LogP contribution in [0, 0.1) is 5.41 Å². The topological polar surface area (TPSA) is 3.24 Å². The lowest BCUT2D eigenvalue weighted by atomic mass is 9.72. The van der Waals surface area contributed by atoms with E-state index >= 15 is 0 Å². The van der Waals surface area contributed by atoms with Gasteiger partial charge < -0.3 is 0 Å². The fraction of sp³-hybridized carbons (Fsp3) is 0.750. The van der Waals surface area contributed by atoms with Crippen LogP contribution in [0.1, 0.15) is 53.4 Å². The van der Waals surface area contributed by atoms with Gasteiger partial charge in [0, 0.05) is 17.0 Å². The number of hydrogen-bond donors (Lipinski definition) is 0. The minimum absolute atomic E-state index is 0.0782. The van der Waals surface area contributed by atoms with Gasteiger partial charge in [0.1, 0.15) is 5.83 Å². The van der Waals surface area contributed by atoms with Crippen LogP contribution in [0.25, 0.3) is 0 Å². The Labute approximate surface area is 111 Å². The molecule has 1 unspecified atom stereocenters. The number of halogens is 1. The van der Waals surface area contributed by atoms with Crippen LogP contribution in [-0.2, 0) is 0 Å². The number of likely N-dealkylation sites (tertiary alicyclic amines) is 1. The van der Waals surface area contributed by atoms with Crippen molar-refractivity contribution in [2.45, 2.75) is 65.0 Å². The predicted octanol–water partition coefficient (Wildman–Crippen LogP) is 4.46. The normalized spacial score (nSPS) is 34.5. The molecule has 2 atom stereocenters. The Morgan fingerprint density at radius 3 is 2.61 bits per heavy atom. The molecule has 0 amide bonds. The van der Waals surface area contributed by atoms with Crippen molar-refractivity contribution in [3.8, 4) is 0 Å². The second kappa shape index (κ2) is 4.80. The van der Waals surface area contributed by atoms with Crippen LogP contribution in [0.5, 0.6) is 0 Å². The molecule has 2 rings (SSSR count). The first kappa shape index (κ1) is 13.8. The standard InChI is InChI=1S/C16H26FN/c1-15(2,3)18-12-6-5-7-14(18)16(4)10-8-13(17)9-11-16/h8-10,14H,5-7,11-12H2,1-4H3/t14-,16?/m1/s1. The zero-order chi connectivity index (χ0) is 13.4. The van der Waals surface area contributed by atoms with Crippen molar-refractivity contribution in [2.24, 2.45) is 5.41 Å². The van der Waals surface area contributed by atoms with Crippen LogP contribution in [0.15, 0.2) is 24.1 Å². The van der Waals surface area contributed by atoms with Gasteiger partial charge in [0.05, 0.1) is 0 Å². The number of allylic oxidation sites excluding steroid dienone is 3. The van der Waals surface area contributed by atoms with Gasteiger partial charge in [-0.2, -0.15) is 0 Å². The van der Waals surface area contributed by atoms with E-state index in [1.165, 1.54) is 25.8 Å².